The molecule has 0 atom stereocenters. The molecule has 4 rings (SSSR count). The third-order valence-electron chi connectivity index (χ3n) is 5.25. The van der Waals surface area contributed by atoms with Crippen molar-refractivity contribution in [1.82, 2.24) is 24.1 Å². The summed E-state index contributed by atoms with van der Waals surface area (Å²) in [6.07, 6.45) is 0. The number of carbonyl (C=O) groups is 1. The van der Waals surface area contributed by atoms with Gasteiger partial charge in [-0.1, -0.05) is 26.0 Å². The normalized spacial score (nSPS) is 11.7. The summed E-state index contributed by atoms with van der Waals surface area (Å²) in [5.41, 5.74) is 0.638. The van der Waals surface area contributed by atoms with Crippen molar-refractivity contribution in [2.45, 2.75) is 46.8 Å². The van der Waals surface area contributed by atoms with Crippen molar-refractivity contribution in [1.29, 1.82) is 0 Å². The second-order valence-corrected chi connectivity index (χ2v) is 8.87. The molecule has 2 aromatic carbocycles. The van der Waals surface area contributed by atoms with Crippen molar-refractivity contribution < 1.29 is 9.18 Å². The summed E-state index contributed by atoms with van der Waals surface area (Å²) in [6, 6.07) is 10.5. The van der Waals surface area contributed by atoms with Gasteiger partial charge in [0.15, 0.2) is 0 Å². The zero-order valence-corrected chi connectivity index (χ0v) is 19.0. The fourth-order valence-corrected chi connectivity index (χ4v) is 3.80. The predicted molar refractivity (Wildman–Crippen MR) is 124 cm³/mol. The van der Waals surface area contributed by atoms with Crippen molar-refractivity contribution in [3.05, 3.63) is 80.2 Å². The van der Waals surface area contributed by atoms with Gasteiger partial charge >= 0.3 is 5.69 Å². The first-order valence-corrected chi connectivity index (χ1v) is 10.9. The Morgan fingerprint density at radius 2 is 1.76 bits per heavy atom. The third-order valence-corrected chi connectivity index (χ3v) is 5.25. The molecule has 0 aliphatic carbocycles. The highest BCUT2D eigenvalue weighted by atomic mass is 19.1. The highest BCUT2D eigenvalue weighted by molar-refractivity contribution is 5.98. The number of halogens is 1. The van der Waals surface area contributed by atoms with E-state index in [1.165, 1.54) is 25.8 Å². The summed E-state index contributed by atoms with van der Waals surface area (Å²) in [5, 5.41) is 7.60. The fourth-order valence-electron chi connectivity index (χ4n) is 3.80. The number of aromatic nitrogens is 4. The maximum absolute atomic E-state index is 13.4. The molecule has 0 aliphatic rings. The van der Waals surface area contributed by atoms with Crippen LogP contribution < -0.4 is 16.6 Å². The minimum absolute atomic E-state index is 0.0616. The van der Waals surface area contributed by atoms with Gasteiger partial charge in [-0.2, -0.15) is 0 Å². The third kappa shape index (κ3) is 4.30. The van der Waals surface area contributed by atoms with Gasteiger partial charge in [0.25, 0.3) is 11.5 Å². The van der Waals surface area contributed by atoms with E-state index in [9.17, 15) is 18.8 Å². The summed E-state index contributed by atoms with van der Waals surface area (Å²) in [6.45, 7) is 8.14. The van der Waals surface area contributed by atoms with Crippen LogP contribution in [0.15, 0.2) is 52.1 Å². The molecule has 2 heterocycles. The fraction of sp³-hybridized carbons (Fsp3) is 0.333. The molecule has 0 saturated heterocycles. The van der Waals surface area contributed by atoms with Gasteiger partial charge in [-0.25, -0.2) is 18.3 Å². The molecule has 172 valence electrons. The average molecular weight is 452 g/mol. The van der Waals surface area contributed by atoms with E-state index in [4.69, 9.17) is 0 Å². The number of rotatable bonds is 6. The van der Waals surface area contributed by atoms with Crippen molar-refractivity contribution in [3.8, 4) is 0 Å². The highest BCUT2D eigenvalue weighted by Gasteiger charge is 2.20. The summed E-state index contributed by atoms with van der Waals surface area (Å²) >= 11 is 0. The molecule has 0 saturated carbocycles. The first-order chi connectivity index (χ1) is 15.7. The monoisotopic (exact) mass is 451 g/mol. The molecule has 0 fully saturated rings. The molecule has 1 amide bonds. The minimum atomic E-state index is -0.446. The van der Waals surface area contributed by atoms with Gasteiger partial charge in [0.2, 0.25) is 5.78 Å². The van der Waals surface area contributed by atoms with E-state index in [2.05, 4.69) is 10.4 Å². The maximum Gasteiger partial charge on any atom is 0.352 e. The summed E-state index contributed by atoms with van der Waals surface area (Å²) in [4.78, 5) is 39.3. The number of hydrogen-bond donors (Lipinski definition) is 1. The van der Waals surface area contributed by atoms with Crippen LogP contribution in [-0.4, -0.2) is 30.7 Å². The van der Waals surface area contributed by atoms with E-state index in [1.807, 2.05) is 27.7 Å². The number of nitrogens with one attached hydrogen (secondary N) is 1. The van der Waals surface area contributed by atoms with Gasteiger partial charge in [-0.3, -0.25) is 14.2 Å². The number of carbonyl (C=O) groups excluding carboxylic acids is 1. The van der Waals surface area contributed by atoms with Crippen LogP contribution in [0.4, 0.5) is 4.39 Å². The average Bonchev–Trinajstić information content (AvgIpc) is 3.07. The smallest absolute Gasteiger partial charge is 0.350 e. The number of nitrogens with zero attached hydrogens (tertiary/aromatic N) is 4. The van der Waals surface area contributed by atoms with Gasteiger partial charge < -0.3 is 5.32 Å². The molecule has 0 radical (unpaired) electrons. The first-order valence-electron chi connectivity index (χ1n) is 10.9. The Morgan fingerprint density at radius 1 is 1.06 bits per heavy atom. The summed E-state index contributed by atoms with van der Waals surface area (Å²) in [5.74, 6) is -0.324. The summed E-state index contributed by atoms with van der Waals surface area (Å²) < 4.78 is 17.4. The topological polar surface area (TPSA) is 90.4 Å². The van der Waals surface area contributed by atoms with Gasteiger partial charge in [-0.05, 0) is 55.7 Å². The first kappa shape index (κ1) is 22.4. The van der Waals surface area contributed by atoms with E-state index in [-0.39, 0.29) is 41.6 Å². The largest absolute Gasteiger partial charge is 0.352 e. The lowest BCUT2D eigenvalue weighted by atomic mass is 10.1. The molecule has 0 unspecified atom stereocenters. The van der Waals surface area contributed by atoms with E-state index in [0.717, 1.165) is 0 Å². The van der Waals surface area contributed by atoms with E-state index in [1.54, 1.807) is 30.3 Å². The molecule has 4 aromatic rings. The molecule has 8 nitrogen and oxygen atoms in total. The van der Waals surface area contributed by atoms with E-state index >= 15 is 0 Å². The molecular formula is C24H26FN5O3. The molecular weight excluding hydrogens is 425 g/mol. The maximum atomic E-state index is 13.4. The Balaban J connectivity index is 1.97. The number of hydrogen-bond acceptors (Lipinski definition) is 4. The molecule has 0 aliphatic heterocycles. The van der Waals surface area contributed by atoms with Crippen LogP contribution in [0, 0.1) is 11.7 Å². The molecule has 0 spiro atoms. The number of fused-ring (bicyclic) bond motifs is 3. The zero-order valence-electron chi connectivity index (χ0n) is 19.0. The van der Waals surface area contributed by atoms with Crippen molar-refractivity contribution in [2.24, 2.45) is 5.92 Å². The molecule has 2 aromatic heterocycles. The number of amides is 1. The highest BCUT2D eigenvalue weighted by Crippen LogP contribution is 2.16. The standard InChI is InChI=1S/C24H26FN5O3/c1-14(2)12-28-22(32)19-10-7-17(21(31)26-15(3)4)11-20(19)30-23(28)27-29(24(30)33)13-16-5-8-18(25)9-6-16/h5-11,14-15H,12-13H2,1-4H3,(H,26,31). The Kier molecular flexibility index (Phi) is 5.88. The Morgan fingerprint density at radius 3 is 2.39 bits per heavy atom. The quantitative estimate of drug-likeness (QED) is 0.488. The van der Waals surface area contributed by atoms with Crippen molar-refractivity contribution in [2.75, 3.05) is 0 Å². The zero-order chi connectivity index (χ0) is 23.9. The van der Waals surface area contributed by atoms with Crippen LogP contribution in [0.5, 0.6) is 0 Å². The Bertz CT molecular complexity index is 1460. The molecule has 0 bridgehead atoms. The lowest BCUT2D eigenvalue weighted by Gasteiger charge is -2.13. The minimum Gasteiger partial charge on any atom is -0.350 e. The van der Waals surface area contributed by atoms with Gasteiger partial charge in [0, 0.05) is 18.2 Å². The van der Waals surface area contributed by atoms with Crippen LogP contribution in [0.2, 0.25) is 0 Å². The lowest BCUT2D eigenvalue weighted by Crippen LogP contribution is -2.31. The number of benzene rings is 2. The van der Waals surface area contributed by atoms with Crippen LogP contribution in [-0.2, 0) is 13.1 Å². The van der Waals surface area contributed by atoms with Crippen LogP contribution >= 0.6 is 0 Å². The van der Waals surface area contributed by atoms with Crippen molar-refractivity contribution >= 4 is 22.6 Å². The second kappa shape index (κ2) is 8.65. The molecule has 1 N–H and O–H groups in total. The van der Waals surface area contributed by atoms with Gasteiger partial charge in [0.1, 0.15) is 5.82 Å². The summed E-state index contributed by atoms with van der Waals surface area (Å²) in [7, 11) is 0. The Labute approximate surface area is 189 Å². The van der Waals surface area contributed by atoms with Crippen LogP contribution in [0.1, 0.15) is 43.6 Å². The predicted octanol–water partition coefficient (Wildman–Crippen LogP) is 2.79. The second-order valence-electron chi connectivity index (χ2n) is 8.87. The van der Waals surface area contributed by atoms with Crippen LogP contribution in [0.3, 0.4) is 0 Å². The van der Waals surface area contributed by atoms with Gasteiger partial charge in [-0.15, -0.1) is 5.10 Å². The van der Waals surface area contributed by atoms with E-state index in [0.29, 0.717) is 28.6 Å². The lowest BCUT2D eigenvalue weighted by molar-refractivity contribution is 0.0943. The SMILES string of the molecule is CC(C)Cn1c(=O)c2ccc(C(=O)NC(C)C)cc2n2c(=O)n(Cc3ccc(F)cc3)nc12. The van der Waals surface area contributed by atoms with Gasteiger partial charge in [0.05, 0.1) is 17.4 Å². The van der Waals surface area contributed by atoms with Crippen molar-refractivity contribution in [3.63, 3.8) is 0 Å². The van der Waals surface area contributed by atoms with Crippen LogP contribution in [0.25, 0.3) is 16.7 Å². The Hall–Kier alpha value is -3.75. The molecule has 33 heavy (non-hydrogen) atoms. The van der Waals surface area contributed by atoms with E-state index < -0.39 is 5.69 Å². The molecule has 9 heteroatoms.